The number of benzene rings is 2. The molecule has 1 atom stereocenters. The van der Waals surface area contributed by atoms with Crippen LogP contribution in [0.25, 0.3) is 16.6 Å². The summed E-state index contributed by atoms with van der Waals surface area (Å²) < 4.78 is 1.34. The maximum Gasteiger partial charge on any atom is 0.265 e. The van der Waals surface area contributed by atoms with Crippen molar-refractivity contribution in [3.63, 3.8) is 0 Å². The number of pyridine rings is 2. The predicted molar refractivity (Wildman–Crippen MR) is 138 cm³/mol. The third-order valence-corrected chi connectivity index (χ3v) is 6.30. The lowest BCUT2D eigenvalue weighted by Crippen LogP contribution is -2.30. The van der Waals surface area contributed by atoms with Crippen LogP contribution >= 0.6 is 0 Å². The first-order chi connectivity index (χ1) is 17.9. The van der Waals surface area contributed by atoms with Crippen LogP contribution in [0.3, 0.4) is 0 Å². The molecule has 0 aliphatic rings. The van der Waals surface area contributed by atoms with Gasteiger partial charge in [-0.05, 0) is 47.9 Å². The van der Waals surface area contributed by atoms with Gasteiger partial charge >= 0.3 is 0 Å². The molecule has 0 aliphatic heterocycles. The Morgan fingerprint density at radius 2 is 1.81 bits per heavy atom. The summed E-state index contributed by atoms with van der Waals surface area (Å²) in [5.74, 6) is -2.02. The number of phenols is 2. The average Bonchev–Trinajstić information content (AvgIpc) is 2.90. The van der Waals surface area contributed by atoms with E-state index < -0.39 is 17.4 Å². The van der Waals surface area contributed by atoms with Gasteiger partial charge in [0.15, 0.2) is 11.5 Å². The number of aromatic hydroxyl groups is 3. The fourth-order valence-corrected chi connectivity index (χ4v) is 4.50. The highest BCUT2D eigenvalue weighted by Gasteiger charge is 2.28. The van der Waals surface area contributed by atoms with Gasteiger partial charge in [-0.2, -0.15) is 4.98 Å². The zero-order chi connectivity index (χ0) is 25.9. The van der Waals surface area contributed by atoms with Crippen LogP contribution in [0.1, 0.15) is 29.0 Å². The Kier molecular flexibility index (Phi) is 6.42. The monoisotopic (exact) mass is 496 g/mol. The van der Waals surface area contributed by atoms with Gasteiger partial charge in [-0.25, -0.2) is 0 Å². The maximum absolute atomic E-state index is 13.5. The van der Waals surface area contributed by atoms with Crippen molar-refractivity contribution in [2.45, 2.75) is 18.8 Å². The van der Waals surface area contributed by atoms with Crippen LogP contribution in [0.5, 0.6) is 17.4 Å². The van der Waals surface area contributed by atoms with E-state index in [0.29, 0.717) is 23.1 Å². The van der Waals surface area contributed by atoms with E-state index in [9.17, 15) is 24.9 Å². The van der Waals surface area contributed by atoms with E-state index in [-0.39, 0.29) is 35.9 Å². The third kappa shape index (κ3) is 4.79. The first kappa shape index (κ1) is 23.8. The molecule has 0 aliphatic carbocycles. The summed E-state index contributed by atoms with van der Waals surface area (Å²) in [7, 11) is 0. The fourth-order valence-electron chi connectivity index (χ4n) is 4.50. The summed E-state index contributed by atoms with van der Waals surface area (Å²) in [6.07, 6.45) is 3.51. The molecular formula is C28H24N4O5. The molecular weight excluding hydrogens is 472 g/mol. The van der Waals surface area contributed by atoms with Gasteiger partial charge in [-0.15, -0.1) is 0 Å². The van der Waals surface area contributed by atoms with Gasteiger partial charge in [0.1, 0.15) is 5.65 Å². The Bertz CT molecular complexity index is 1680. The molecule has 0 unspecified atom stereocenters. The Morgan fingerprint density at radius 3 is 2.65 bits per heavy atom. The summed E-state index contributed by atoms with van der Waals surface area (Å²) in [4.78, 5) is 35.3. The first-order valence-corrected chi connectivity index (χ1v) is 11.7. The van der Waals surface area contributed by atoms with Crippen molar-refractivity contribution in [2.75, 3.05) is 6.54 Å². The van der Waals surface area contributed by atoms with Crippen LogP contribution in [0.15, 0.2) is 83.9 Å². The molecule has 0 radical (unpaired) electrons. The van der Waals surface area contributed by atoms with E-state index in [1.165, 1.54) is 16.5 Å². The van der Waals surface area contributed by atoms with Gasteiger partial charge in [0.05, 0.1) is 11.1 Å². The van der Waals surface area contributed by atoms with E-state index in [1.54, 1.807) is 48.8 Å². The highest BCUT2D eigenvalue weighted by atomic mass is 16.3. The molecule has 37 heavy (non-hydrogen) atoms. The molecule has 4 N–H and O–H groups in total. The maximum atomic E-state index is 13.5. The van der Waals surface area contributed by atoms with Gasteiger partial charge in [0.25, 0.3) is 5.56 Å². The Hall–Kier alpha value is -4.92. The fraction of sp³-hybridized carbons (Fsp3) is 0.143. The summed E-state index contributed by atoms with van der Waals surface area (Å²) >= 11 is 0. The Morgan fingerprint density at radius 1 is 0.973 bits per heavy atom. The number of aromatic nitrogens is 3. The largest absolute Gasteiger partial charge is 0.504 e. The van der Waals surface area contributed by atoms with Gasteiger partial charge in [0, 0.05) is 36.7 Å². The van der Waals surface area contributed by atoms with Crippen LogP contribution in [-0.4, -0.2) is 42.1 Å². The quantitative estimate of drug-likeness (QED) is 0.254. The molecule has 9 nitrogen and oxygen atoms in total. The minimum atomic E-state index is -0.812. The van der Waals surface area contributed by atoms with Crippen LogP contribution in [-0.2, 0) is 11.2 Å². The molecule has 186 valence electrons. The number of nitrogens with one attached hydrogen (secondary N) is 1. The number of rotatable bonds is 7. The summed E-state index contributed by atoms with van der Waals surface area (Å²) in [5.41, 5.74) is 1.83. The molecule has 0 saturated carbocycles. The van der Waals surface area contributed by atoms with Gasteiger partial charge in [0.2, 0.25) is 11.8 Å². The number of hydrogen-bond acceptors (Lipinski definition) is 7. The minimum absolute atomic E-state index is 0.0143. The number of para-hydroxylation sites is 1. The normalized spacial score (nSPS) is 12.0. The molecule has 9 heteroatoms. The van der Waals surface area contributed by atoms with Crippen molar-refractivity contribution in [1.82, 2.24) is 19.7 Å². The highest BCUT2D eigenvalue weighted by Crippen LogP contribution is 2.34. The number of nitrogens with zero attached hydrogens (tertiary/aromatic N) is 3. The average molecular weight is 497 g/mol. The molecule has 0 spiro atoms. The van der Waals surface area contributed by atoms with E-state index >= 15 is 0 Å². The second-order valence-corrected chi connectivity index (χ2v) is 8.69. The van der Waals surface area contributed by atoms with Crippen LogP contribution in [0.4, 0.5) is 0 Å². The minimum Gasteiger partial charge on any atom is -0.504 e. The van der Waals surface area contributed by atoms with Crippen LogP contribution < -0.4 is 10.9 Å². The van der Waals surface area contributed by atoms with Gasteiger partial charge in [-0.3, -0.25) is 19.0 Å². The number of carbonyl (C=O) groups is 1. The predicted octanol–water partition coefficient (Wildman–Crippen LogP) is 3.24. The van der Waals surface area contributed by atoms with Crippen LogP contribution in [0, 0.1) is 0 Å². The molecule has 2 aromatic carbocycles. The zero-order valence-corrected chi connectivity index (χ0v) is 19.7. The lowest BCUT2D eigenvalue weighted by molar-refractivity contribution is -0.121. The molecule has 0 fully saturated rings. The second kappa shape index (κ2) is 9.98. The molecule has 0 bridgehead atoms. The van der Waals surface area contributed by atoms with Crippen molar-refractivity contribution >= 4 is 22.5 Å². The molecule has 5 rings (SSSR count). The smallest absolute Gasteiger partial charge is 0.265 e. The molecule has 0 saturated heterocycles. The Balaban J connectivity index is 1.49. The van der Waals surface area contributed by atoms with Crippen LogP contribution in [0.2, 0.25) is 0 Å². The second-order valence-electron chi connectivity index (χ2n) is 8.69. The number of hydrogen-bond donors (Lipinski definition) is 4. The third-order valence-electron chi connectivity index (χ3n) is 6.30. The van der Waals surface area contributed by atoms with Gasteiger partial charge < -0.3 is 20.6 Å². The zero-order valence-electron chi connectivity index (χ0n) is 19.7. The SMILES string of the molecule is O=C(C[C@H](c1c(O)nc2ccccn2c1=O)c1cccc2cccnc12)NCCc1ccc(O)c(O)c1. The summed E-state index contributed by atoms with van der Waals surface area (Å²) in [6.45, 7) is 0.268. The first-order valence-electron chi connectivity index (χ1n) is 11.7. The molecule has 3 heterocycles. The molecule has 1 amide bonds. The van der Waals surface area contributed by atoms with Gasteiger partial charge in [-0.1, -0.05) is 36.4 Å². The van der Waals surface area contributed by atoms with E-state index in [1.807, 2.05) is 18.2 Å². The molecule has 3 aromatic heterocycles. The van der Waals surface area contributed by atoms with Crippen molar-refractivity contribution in [3.8, 4) is 17.4 Å². The van der Waals surface area contributed by atoms with E-state index in [2.05, 4.69) is 15.3 Å². The van der Waals surface area contributed by atoms with Crippen molar-refractivity contribution in [1.29, 1.82) is 0 Å². The van der Waals surface area contributed by atoms with Crippen molar-refractivity contribution in [2.24, 2.45) is 0 Å². The lowest BCUT2D eigenvalue weighted by atomic mass is 9.87. The number of fused-ring (bicyclic) bond motifs is 2. The standard InChI is InChI=1S/C28H24N4O5/c33-21-10-9-17(15-22(21)34)11-13-29-24(35)16-20(19-7-3-5-18-6-4-12-30-26(18)19)25-27(36)31-23-8-1-2-14-32(23)28(25)37/h1-10,12,14-15,20,33-34,36H,11,13,16H2,(H,29,35)/t20-/m0/s1. The molecule has 5 aromatic rings. The number of amides is 1. The van der Waals surface area contributed by atoms with E-state index in [0.717, 1.165) is 10.9 Å². The number of phenolic OH excluding ortho intramolecular Hbond substituents is 2. The van der Waals surface area contributed by atoms with E-state index in [4.69, 9.17) is 0 Å². The topological polar surface area (TPSA) is 137 Å². The lowest BCUT2D eigenvalue weighted by Gasteiger charge is -2.20. The highest BCUT2D eigenvalue weighted by molar-refractivity contribution is 5.84. The summed E-state index contributed by atoms with van der Waals surface area (Å²) in [6, 6.07) is 18.7. The summed E-state index contributed by atoms with van der Waals surface area (Å²) in [5, 5.41) is 33.7. The number of carbonyl (C=O) groups excluding carboxylic acids is 1. The Labute approximate surface area is 211 Å². The van der Waals surface area contributed by atoms with Crippen molar-refractivity contribution < 1.29 is 20.1 Å². The van der Waals surface area contributed by atoms with Crippen molar-refractivity contribution in [3.05, 3.63) is 106 Å².